The van der Waals surface area contributed by atoms with Crippen molar-refractivity contribution in [2.24, 2.45) is 5.10 Å². The normalized spacial score (nSPS) is 11.1. The molecule has 0 unspecified atom stereocenters. The maximum Gasteiger partial charge on any atom is 0.272 e. The quantitative estimate of drug-likeness (QED) is 0.319. The Morgan fingerprint density at radius 3 is 2.53 bits per heavy atom. The van der Waals surface area contributed by atoms with Gasteiger partial charge in [-0.25, -0.2) is 10.4 Å². The van der Waals surface area contributed by atoms with Crippen molar-refractivity contribution in [1.82, 2.24) is 10.4 Å². The van der Waals surface area contributed by atoms with Crippen LogP contribution < -0.4 is 5.43 Å². The molecule has 4 rings (SSSR count). The van der Waals surface area contributed by atoms with E-state index in [-0.39, 0.29) is 11.7 Å². The van der Waals surface area contributed by atoms with Crippen LogP contribution in [0.3, 0.4) is 0 Å². The number of hydrazone groups is 1. The number of hydrogen-bond acceptors (Lipinski definition) is 4. The van der Waals surface area contributed by atoms with E-state index in [0.717, 1.165) is 5.56 Å². The number of aromatic nitrogens is 1. The second kappa shape index (κ2) is 8.53. The molecule has 0 aliphatic carbocycles. The zero-order chi connectivity index (χ0) is 21.1. The van der Waals surface area contributed by atoms with E-state index in [9.17, 15) is 9.90 Å². The summed E-state index contributed by atoms with van der Waals surface area (Å²) in [5.74, 6) is -0.220. The number of hydrogen-bond donors (Lipinski definition) is 2. The molecule has 5 nitrogen and oxygen atoms in total. The van der Waals surface area contributed by atoms with Gasteiger partial charge in [-0.05, 0) is 60.2 Å². The first-order valence-electron chi connectivity index (χ1n) is 8.99. The zero-order valence-electron chi connectivity index (χ0n) is 15.5. The van der Waals surface area contributed by atoms with Gasteiger partial charge in [-0.3, -0.25) is 4.79 Å². The Morgan fingerprint density at radius 2 is 1.77 bits per heavy atom. The molecule has 0 bridgehead atoms. The van der Waals surface area contributed by atoms with Crippen LogP contribution in [0.1, 0.15) is 15.9 Å². The average Bonchev–Trinajstić information content (AvgIpc) is 2.74. The molecule has 0 aliphatic heterocycles. The number of aromatic hydroxyl groups is 1. The molecule has 0 aliphatic rings. The zero-order valence-corrected chi connectivity index (χ0v) is 17.0. The number of pyridine rings is 1. The summed E-state index contributed by atoms with van der Waals surface area (Å²) >= 11 is 12.3. The highest BCUT2D eigenvalue weighted by atomic mass is 35.5. The third-order valence-electron chi connectivity index (χ3n) is 4.44. The number of amides is 1. The second-order valence-corrected chi connectivity index (χ2v) is 7.33. The number of fused-ring (bicyclic) bond motifs is 1. The van der Waals surface area contributed by atoms with Crippen LogP contribution in [0.25, 0.3) is 22.2 Å². The van der Waals surface area contributed by atoms with E-state index >= 15 is 0 Å². The first-order valence-corrected chi connectivity index (χ1v) is 9.74. The summed E-state index contributed by atoms with van der Waals surface area (Å²) < 4.78 is 0. The van der Waals surface area contributed by atoms with Gasteiger partial charge in [-0.15, -0.1) is 0 Å². The minimum Gasteiger partial charge on any atom is -0.508 e. The van der Waals surface area contributed by atoms with Gasteiger partial charge in [0.15, 0.2) is 0 Å². The smallest absolute Gasteiger partial charge is 0.272 e. The molecule has 0 saturated carbocycles. The SMILES string of the molecule is O=C(N/N=C/c1ccc(O)cc1)c1cc(-c2ccc(Cl)cc2Cl)nc2ccccc12. The van der Waals surface area contributed by atoms with E-state index in [1.165, 1.54) is 6.21 Å². The summed E-state index contributed by atoms with van der Waals surface area (Å²) in [5, 5.41) is 15.0. The molecule has 1 amide bonds. The lowest BCUT2D eigenvalue weighted by molar-refractivity contribution is 0.0956. The van der Waals surface area contributed by atoms with Crippen LogP contribution in [-0.4, -0.2) is 22.2 Å². The number of phenols is 1. The molecule has 30 heavy (non-hydrogen) atoms. The van der Waals surface area contributed by atoms with Gasteiger partial charge in [0.25, 0.3) is 5.91 Å². The first-order chi connectivity index (χ1) is 14.5. The van der Waals surface area contributed by atoms with Crippen molar-refractivity contribution >= 4 is 46.2 Å². The molecule has 0 atom stereocenters. The molecule has 0 saturated heterocycles. The molecule has 7 heteroatoms. The number of benzene rings is 3. The van der Waals surface area contributed by atoms with Gasteiger partial charge < -0.3 is 5.11 Å². The fourth-order valence-electron chi connectivity index (χ4n) is 2.98. The summed E-state index contributed by atoms with van der Waals surface area (Å²) in [6.07, 6.45) is 1.50. The molecule has 0 spiro atoms. The fraction of sp³-hybridized carbons (Fsp3) is 0. The minimum absolute atomic E-state index is 0.160. The molecule has 1 aromatic heterocycles. The van der Waals surface area contributed by atoms with E-state index in [2.05, 4.69) is 15.5 Å². The Balaban J connectivity index is 1.70. The van der Waals surface area contributed by atoms with Gasteiger partial charge in [0, 0.05) is 16.0 Å². The summed E-state index contributed by atoms with van der Waals surface area (Å²) in [6.45, 7) is 0. The molecule has 1 heterocycles. The van der Waals surface area contributed by atoms with Crippen molar-refractivity contribution in [3.05, 3.63) is 94.0 Å². The Morgan fingerprint density at radius 1 is 1.00 bits per heavy atom. The van der Waals surface area contributed by atoms with E-state index in [4.69, 9.17) is 23.2 Å². The van der Waals surface area contributed by atoms with Crippen molar-refractivity contribution in [3.8, 4) is 17.0 Å². The predicted molar refractivity (Wildman–Crippen MR) is 120 cm³/mol. The standard InChI is InChI=1S/C23H15Cl2N3O2/c24-15-7-10-18(20(25)11-15)22-12-19(17-3-1-2-4-21(17)27-22)23(30)28-26-13-14-5-8-16(29)9-6-14/h1-13,29H,(H,28,30)/b26-13+. The van der Waals surface area contributed by atoms with Gasteiger partial charge in [0.1, 0.15) is 5.75 Å². The van der Waals surface area contributed by atoms with Crippen molar-refractivity contribution in [1.29, 1.82) is 0 Å². The maximum atomic E-state index is 12.9. The minimum atomic E-state index is -0.380. The second-order valence-electron chi connectivity index (χ2n) is 6.49. The molecule has 3 aromatic carbocycles. The Hall–Kier alpha value is -3.41. The van der Waals surface area contributed by atoms with E-state index in [0.29, 0.717) is 37.8 Å². The van der Waals surface area contributed by atoms with Crippen LogP contribution in [-0.2, 0) is 0 Å². The molecular weight excluding hydrogens is 421 g/mol. The lowest BCUT2D eigenvalue weighted by Gasteiger charge is -2.10. The Bertz CT molecular complexity index is 1270. The number of para-hydroxylation sites is 1. The van der Waals surface area contributed by atoms with Gasteiger partial charge in [-0.2, -0.15) is 5.10 Å². The number of carbonyl (C=O) groups excluding carboxylic acids is 1. The highest BCUT2D eigenvalue weighted by molar-refractivity contribution is 6.36. The van der Waals surface area contributed by atoms with Gasteiger partial charge in [0.05, 0.1) is 28.0 Å². The van der Waals surface area contributed by atoms with Crippen molar-refractivity contribution < 1.29 is 9.90 Å². The molecule has 4 aromatic rings. The summed E-state index contributed by atoms with van der Waals surface area (Å²) in [7, 11) is 0. The van der Waals surface area contributed by atoms with Crippen LogP contribution in [0.15, 0.2) is 77.9 Å². The third kappa shape index (κ3) is 4.27. The van der Waals surface area contributed by atoms with Crippen molar-refractivity contribution in [3.63, 3.8) is 0 Å². The average molecular weight is 436 g/mol. The first kappa shape index (κ1) is 19.9. The van der Waals surface area contributed by atoms with E-state index in [1.54, 1.807) is 48.5 Å². The predicted octanol–water partition coefficient (Wildman–Crippen LogP) is 5.68. The maximum absolute atomic E-state index is 12.9. The van der Waals surface area contributed by atoms with Crippen LogP contribution in [0.5, 0.6) is 5.75 Å². The number of nitrogens with zero attached hydrogens (tertiary/aromatic N) is 2. The molecular formula is C23H15Cl2N3O2. The van der Waals surface area contributed by atoms with Crippen LogP contribution in [0.4, 0.5) is 0 Å². The summed E-state index contributed by atoms with van der Waals surface area (Å²) in [6, 6.07) is 20.6. The molecule has 148 valence electrons. The summed E-state index contributed by atoms with van der Waals surface area (Å²) in [5.41, 5.74) is 5.59. The lowest BCUT2D eigenvalue weighted by atomic mass is 10.0. The number of phenolic OH excluding ortho intramolecular Hbond substituents is 1. The number of carbonyl (C=O) groups is 1. The van der Waals surface area contributed by atoms with E-state index in [1.807, 2.05) is 24.3 Å². The number of nitrogens with one attached hydrogen (secondary N) is 1. The van der Waals surface area contributed by atoms with Crippen molar-refractivity contribution in [2.45, 2.75) is 0 Å². The van der Waals surface area contributed by atoms with Crippen LogP contribution >= 0.6 is 23.2 Å². The lowest BCUT2D eigenvalue weighted by Crippen LogP contribution is -2.18. The summed E-state index contributed by atoms with van der Waals surface area (Å²) in [4.78, 5) is 17.5. The molecule has 2 N–H and O–H groups in total. The Kier molecular flexibility index (Phi) is 5.65. The number of halogens is 2. The highest BCUT2D eigenvalue weighted by Gasteiger charge is 2.15. The molecule has 0 radical (unpaired) electrons. The monoisotopic (exact) mass is 435 g/mol. The van der Waals surface area contributed by atoms with E-state index < -0.39 is 0 Å². The topological polar surface area (TPSA) is 74.6 Å². The Labute approximate surface area is 182 Å². The van der Waals surface area contributed by atoms with Gasteiger partial charge in [-0.1, -0.05) is 41.4 Å². The number of rotatable bonds is 4. The van der Waals surface area contributed by atoms with Gasteiger partial charge >= 0.3 is 0 Å². The van der Waals surface area contributed by atoms with Crippen LogP contribution in [0.2, 0.25) is 10.0 Å². The fourth-order valence-corrected chi connectivity index (χ4v) is 3.49. The third-order valence-corrected chi connectivity index (χ3v) is 4.99. The highest BCUT2D eigenvalue weighted by Crippen LogP contribution is 2.31. The largest absolute Gasteiger partial charge is 0.508 e. The van der Waals surface area contributed by atoms with Crippen LogP contribution in [0, 0.1) is 0 Å². The van der Waals surface area contributed by atoms with Crippen molar-refractivity contribution in [2.75, 3.05) is 0 Å². The van der Waals surface area contributed by atoms with Gasteiger partial charge in [0.2, 0.25) is 0 Å². The molecule has 0 fully saturated rings.